The van der Waals surface area contributed by atoms with Crippen molar-refractivity contribution in [2.24, 2.45) is 0 Å². The molecule has 0 unspecified atom stereocenters. The van der Waals surface area contributed by atoms with E-state index in [2.05, 4.69) is 20.7 Å². The van der Waals surface area contributed by atoms with Crippen LogP contribution in [0.25, 0.3) is 5.69 Å². The summed E-state index contributed by atoms with van der Waals surface area (Å²) in [6, 6.07) is 14.4. The van der Waals surface area contributed by atoms with E-state index in [1.54, 1.807) is 23.1 Å². The van der Waals surface area contributed by atoms with E-state index >= 15 is 0 Å². The SMILES string of the molecule is CC1(NC(=O)c2cc(Nc3ncn(-c4ccccc4)n3)ccc2O)CC1.[HH]. The van der Waals surface area contributed by atoms with Crippen LogP contribution in [0, 0.1) is 0 Å². The third-order valence-corrected chi connectivity index (χ3v) is 4.43. The summed E-state index contributed by atoms with van der Waals surface area (Å²) in [5.74, 6) is 0.0639. The Hall–Kier alpha value is -3.35. The first-order valence-corrected chi connectivity index (χ1v) is 8.42. The van der Waals surface area contributed by atoms with Gasteiger partial charge < -0.3 is 15.7 Å². The number of phenols is 1. The number of aromatic nitrogens is 3. The van der Waals surface area contributed by atoms with Crippen molar-refractivity contribution in [3.8, 4) is 11.4 Å². The van der Waals surface area contributed by atoms with Gasteiger partial charge in [0.15, 0.2) is 0 Å². The molecule has 1 fully saturated rings. The third kappa shape index (κ3) is 3.37. The predicted molar refractivity (Wildman–Crippen MR) is 100.0 cm³/mol. The van der Waals surface area contributed by atoms with Crippen LogP contribution in [0.3, 0.4) is 0 Å². The molecule has 1 aromatic heterocycles. The minimum atomic E-state index is -0.283. The van der Waals surface area contributed by atoms with E-state index in [0.29, 0.717) is 11.6 Å². The second-order valence-corrected chi connectivity index (χ2v) is 6.72. The van der Waals surface area contributed by atoms with Crippen molar-refractivity contribution in [2.75, 3.05) is 5.32 Å². The van der Waals surface area contributed by atoms with Crippen molar-refractivity contribution in [1.82, 2.24) is 20.1 Å². The molecule has 1 amide bonds. The van der Waals surface area contributed by atoms with Gasteiger partial charge in [-0.1, -0.05) is 18.2 Å². The first-order valence-electron chi connectivity index (χ1n) is 8.42. The predicted octanol–water partition coefficient (Wildman–Crippen LogP) is 3.24. The summed E-state index contributed by atoms with van der Waals surface area (Å²) in [4.78, 5) is 16.6. The summed E-state index contributed by atoms with van der Waals surface area (Å²) in [6.45, 7) is 1.99. The summed E-state index contributed by atoms with van der Waals surface area (Å²) in [5.41, 5.74) is 1.60. The number of para-hydroxylation sites is 1. The lowest BCUT2D eigenvalue weighted by Gasteiger charge is -2.13. The highest BCUT2D eigenvalue weighted by Crippen LogP contribution is 2.35. The Balaban J connectivity index is 0.00000210. The monoisotopic (exact) mass is 351 g/mol. The van der Waals surface area contributed by atoms with Gasteiger partial charge in [0.05, 0.1) is 11.3 Å². The quantitative estimate of drug-likeness (QED) is 0.614. The number of nitrogens with one attached hydrogen (secondary N) is 2. The van der Waals surface area contributed by atoms with Crippen molar-refractivity contribution < 1.29 is 11.3 Å². The maximum absolute atomic E-state index is 12.4. The van der Waals surface area contributed by atoms with Gasteiger partial charge in [-0.05, 0) is 50.1 Å². The molecule has 26 heavy (non-hydrogen) atoms. The van der Waals surface area contributed by atoms with Crippen LogP contribution in [0.1, 0.15) is 31.6 Å². The van der Waals surface area contributed by atoms with Gasteiger partial charge in [-0.3, -0.25) is 4.79 Å². The smallest absolute Gasteiger partial charge is 0.255 e. The summed E-state index contributed by atoms with van der Waals surface area (Å²) in [5, 5.41) is 20.4. The lowest BCUT2D eigenvalue weighted by atomic mass is 10.1. The molecular formula is C19H21N5O2. The molecule has 1 aliphatic carbocycles. The molecule has 3 N–H and O–H groups in total. The number of aromatic hydroxyl groups is 1. The van der Waals surface area contributed by atoms with E-state index in [1.807, 2.05) is 37.3 Å². The number of rotatable bonds is 5. The Bertz CT molecular complexity index is 954. The van der Waals surface area contributed by atoms with Crippen molar-refractivity contribution >= 4 is 17.5 Å². The van der Waals surface area contributed by atoms with Gasteiger partial charge in [0.2, 0.25) is 5.95 Å². The lowest BCUT2D eigenvalue weighted by molar-refractivity contribution is 0.0933. The van der Waals surface area contributed by atoms with Crippen LogP contribution in [-0.4, -0.2) is 31.3 Å². The van der Waals surface area contributed by atoms with Crippen LogP contribution in [0.5, 0.6) is 5.75 Å². The van der Waals surface area contributed by atoms with Crippen LogP contribution in [0.15, 0.2) is 54.9 Å². The standard InChI is InChI=1S/C19H19N5O2.H2/c1-19(9-10-19)22-17(26)15-11-13(7-8-16(15)25)21-18-20-12-24(23-18)14-5-3-2-4-6-14;/h2-8,11-12,25H,9-10H2,1H3,(H,21,23)(H,22,26);1H. The van der Waals surface area contributed by atoms with E-state index in [0.717, 1.165) is 18.5 Å². The summed E-state index contributed by atoms with van der Waals surface area (Å²) in [6.07, 6.45) is 3.52. The Morgan fingerprint density at radius 2 is 2.00 bits per heavy atom. The molecule has 7 nitrogen and oxygen atoms in total. The third-order valence-electron chi connectivity index (χ3n) is 4.43. The van der Waals surface area contributed by atoms with Crippen molar-refractivity contribution in [2.45, 2.75) is 25.3 Å². The van der Waals surface area contributed by atoms with E-state index in [9.17, 15) is 9.90 Å². The fourth-order valence-corrected chi connectivity index (χ4v) is 2.60. The second-order valence-electron chi connectivity index (χ2n) is 6.72. The van der Waals surface area contributed by atoms with E-state index in [4.69, 9.17) is 0 Å². The van der Waals surface area contributed by atoms with Gasteiger partial charge >= 0.3 is 0 Å². The zero-order valence-electron chi connectivity index (χ0n) is 14.3. The zero-order chi connectivity index (χ0) is 18.1. The molecule has 0 spiro atoms. The minimum Gasteiger partial charge on any atom is -0.507 e. The first kappa shape index (κ1) is 16.1. The maximum atomic E-state index is 12.4. The van der Waals surface area contributed by atoms with E-state index in [-0.39, 0.29) is 24.2 Å². The number of amides is 1. The summed E-state index contributed by atoms with van der Waals surface area (Å²) < 4.78 is 1.66. The van der Waals surface area contributed by atoms with Gasteiger partial charge in [0, 0.05) is 12.7 Å². The molecule has 4 rings (SSSR count). The highest BCUT2D eigenvalue weighted by molar-refractivity contribution is 5.98. The number of anilines is 2. The molecule has 0 bridgehead atoms. The average Bonchev–Trinajstić information content (AvgIpc) is 3.18. The minimum absolute atomic E-state index is 0. The zero-order valence-corrected chi connectivity index (χ0v) is 14.3. The molecule has 3 aromatic rings. The van der Waals surface area contributed by atoms with Crippen LogP contribution in [0.4, 0.5) is 11.6 Å². The molecule has 1 aliphatic rings. The topological polar surface area (TPSA) is 92.1 Å². The number of carbonyl (C=O) groups is 1. The van der Waals surface area contributed by atoms with Crippen molar-refractivity contribution in [3.63, 3.8) is 0 Å². The fourth-order valence-electron chi connectivity index (χ4n) is 2.60. The molecule has 0 saturated heterocycles. The average molecular weight is 351 g/mol. The highest BCUT2D eigenvalue weighted by Gasteiger charge is 2.39. The maximum Gasteiger partial charge on any atom is 0.255 e. The fraction of sp³-hybridized carbons (Fsp3) is 0.211. The summed E-state index contributed by atoms with van der Waals surface area (Å²) in [7, 11) is 0. The van der Waals surface area contributed by atoms with E-state index < -0.39 is 0 Å². The highest BCUT2D eigenvalue weighted by atomic mass is 16.3. The van der Waals surface area contributed by atoms with Crippen LogP contribution in [-0.2, 0) is 0 Å². The molecule has 7 heteroatoms. The van der Waals surface area contributed by atoms with Gasteiger partial charge in [-0.15, -0.1) is 5.10 Å². The Labute approximate surface area is 152 Å². The molecule has 0 aliphatic heterocycles. The lowest BCUT2D eigenvalue weighted by Crippen LogP contribution is -2.34. The van der Waals surface area contributed by atoms with Crippen molar-refractivity contribution in [1.29, 1.82) is 0 Å². The number of benzene rings is 2. The molecule has 1 saturated carbocycles. The summed E-state index contributed by atoms with van der Waals surface area (Å²) >= 11 is 0. The number of carbonyl (C=O) groups excluding carboxylic acids is 1. The number of phenolic OH excluding ortho intramolecular Hbond substituents is 1. The number of hydrogen-bond donors (Lipinski definition) is 3. The molecule has 134 valence electrons. The Kier molecular flexibility index (Phi) is 3.84. The molecule has 0 radical (unpaired) electrons. The molecule has 0 atom stereocenters. The second kappa shape index (κ2) is 6.18. The Morgan fingerprint density at radius 3 is 2.73 bits per heavy atom. The van der Waals surface area contributed by atoms with E-state index in [1.165, 1.54) is 6.07 Å². The van der Waals surface area contributed by atoms with Crippen LogP contribution >= 0.6 is 0 Å². The van der Waals surface area contributed by atoms with Crippen LogP contribution in [0.2, 0.25) is 0 Å². The number of hydrogen-bond acceptors (Lipinski definition) is 5. The van der Waals surface area contributed by atoms with Gasteiger partial charge in [-0.2, -0.15) is 4.98 Å². The van der Waals surface area contributed by atoms with Gasteiger partial charge in [0.25, 0.3) is 5.91 Å². The molecule has 2 aromatic carbocycles. The first-order chi connectivity index (χ1) is 12.5. The molecule has 1 heterocycles. The van der Waals surface area contributed by atoms with Gasteiger partial charge in [0.1, 0.15) is 12.1 Å². The van der Waals surface area contributed by atoms with Gasteiger partial charge in [-0.25, -0.2) is 4.68 Å². The normalized spacial score (nSPS) is 14.7. The number of nitrogens with zero attached hydrogens (tertiary/aromatic N) is 3. The molecular weight excluding hydrogens is 330 g/mol. The van der Waals surface area contributed by atoms with Crippen LogP contribution < -0.4 is 10.6 Å². The Morgan fingerprint density at radius 1 is 1.23 bits per heavy atom. The van der Waals surface area contributed by atoms with Crippen molar-refractivity contribution in [3.05, 3.63) is 60.4 Å². The largest absolute Gasteiger partial charge is 0.507 e.